The van der Waals surface area contributed by atoms with Gasteiger partial charge in [-0.05, 0) is 20.3 Å². The van der Waals surface area contributed by atoms with Gasteiger partial charge >= 0.3 is 5.97 Å². The molecule has 1 aromatic rings. The van der Waals surface area contributed by atoms with E-state index in [0.29, 0.717) is 25.3 Å². The highest BCUT2D eigenvalue weighted by atomic mass is 16.5. The maximum absolute atomic E-state index is 12.2. The molecule has 1 aliphatic rings. The molecule has 104 valence electrons. The van der Waals surface area contributed by atoms with E-state index in [1.54, 1.807) is 11.8 Å². The van der Waals surface area contributed by atoms with E-state index in [1.165, 1.54) is 7.11 Å². The molecule has 1 fully saturated rings. The van der Waals surface area contributed by atoms with E-state index in [0.717, 1.165) is 11.3 Å². The molecule has 0 N–H and O–H groups in total. The van der Waals surface area contributed by atoms with Gasteiger partial charge in [0.25, 0.3) is 0 Å². The summed E-state index contributed by atoms with van der Waals surface area (Å²) in [5, 5.41) is 3.83. The van der Waals surface area contributed by atoms with Gasteiger partial charge in [0, 0.05) is 18.7 Å². The van der Waals surface area contributed by atoms with Crippen molar-refractivity contribution in [1.29, 1.82) is 0 Å². The number of nitrogens with zero attached hydrogens (tertiary/aromatic N) is 2. The molecular weight excluding hydrogens is 248 g/mol. The molecule has 2 heterocycles. The van der Waals surface area contributed by atoms with Crippen molar-refractivity contribution in [2.24, 2.45) is 5.92 Å². The minimum Gasteiger partial charge on any atom is -0.469 e. The molecule has 6 heteroatoms. The van der Waals surface area contributed by atoms with Crippen LogP contribution in [0.15, 0.2) is 4.52 Å². The summed E-state index contributed by atoms with van der Waals surface area (Å²) >= 11 is 0. The second-order valence-corrected chi connectivity index (χ2v) is 4.83. The number of hydrogen-bond acceptors (Lipinski definition) is 5. The maximum Gasteiger partial charge on any atom is 0.310 e. The fourth-order valence-corrected chi connectivity index (χ4v) is 2.36. The molecule has 1 unspecified atom stereocenters. The Hall–Kier alpha value is -1.85. The number of hydrogen-bond donors (Lipinski definition) is 0. The number of rotatable bonds is 3. The Labute approximate surface area is 111 Å². The predicted octanol–water partition coefficient (Wildman–Crippen LogP) is 0.855. The number of aromatic nitrogens is 1. The van der Waals surface area contributed by atoms with Gasteiger partial charge in [-0.25, -0.2) is 0 Å². The number of likely N-dealkylation sites (tertiary alicyclic amines) is 1. The van der Waals surface area contributed by atoms with Crippen molar-refractivity contribution < 1.29 is 18.8 Å². The molecule has 0 aliphatic carbocycles. The second-order valence-electron chi connectivity index (χ2n) is 4.83. The molecule has 1 amide bonds. The summed E-state index contributed by atoms with van der Waals surface area (Å²) in [5.41, 5.74) is 1.58. The molecule has 2 rings (SSSR count). The largest absolute Gasteiger partial charge is 0.469 e. The second kappa shape index (κ2) is 5.42. The Morgan fingerprint density at radius 1 is 1.47 bits per heavy atom. The summed E-state index contributed by atoms with van der Waals surface area (Å²) in [7, 11) is 1.37. The van der Waals surface area contributed by atoms with Gasteiger partial charge in [-0.15, -0.1) is 0 Å². The molecule has 1 atom stereocenters. The zero-order valence-corrected chi connectivity index (χ0v) is 11.4. The first-order valence-electron chi connectivity index (χ1n) is 6.30. The van der Waals surface area contributed by atoms with Crippen molar-refractivity contribution in [3.8, 4) is 0 Å². The normalized spacial score (nSPS) is 18.7. The summed E-state index contributed by atoms with van der Waals surface area (Å²) in [5.74, 6) is 0.238. The molecular formula is C13H18N2O4. The molecule has 1 aliphatic heterocycles. The Morgan fingerprint density at radius 3 is 2.79 bits per heavy atom. The first-order chi connectivity index (χ1) is 9.02. The van der Waals surface area contributed by atoms with Crippen molar-refractivity contribution in [2.45, 2.75) is 26.7 Å². The third-order valence-corrected chi connectivity index (χ3v) is 3.58. The summed E-state index contributed by atoms with van der Waals surface area (Å²) in [6, 6.07) is 0. The number of carbonyl (C=O) groups excluding carboxylic acids is 2. The lowest BCUT2D eigenvalue weighted by atomic mass is 10.1. The molecule has 0 spiro atoms. The zero-order chi connectivity index (χ0) is 14.0. The van der Waals surface area contributed by atoms with Crippen molar-refractivity contribution in [1.82, 2.24) is 10.1 Å². The van der Waals surface area contributed by atoms with E-state index in [1.807, 2.05) is 6.92 Å². The Kier molecular flexibility index (Phi) is 3.87. The molecule has 6 nitrogen and oxygen atoms in total. The van der Waals surface area contributed by atoms with Crippen LogP contribution in [-0.4, -0.2) is 42.1 Å². The van der Waals surface area contributed by atoms with Gasteiger partial charge in [-0.2, -0.15) is 0 Å². The van der Waals surface area contributed by atoms with Gasteiger partial charge < -0.3 is 14.2 Å². The van der Waals surface area contributed by atoms with Crippen LogP contribution in [0.1, 0.15) is 23.4 Å². The SMILES string of the molecule is COC(=O)C1CCN(C(=O)Cc2c(C)noc2C)C1. The van der Waals surface area contributed by atoms with Crippen LogP contribution in [0.4, 0.5) is 0 Å². The van der Waals surface area contributed by atoms with E-state index in [-0.39, 0.29) is 24.2 Å². The van der Waals surface area contributed by atoms with Gasteiger partial charge in [-0.3, -0.25) is 9.59 Å². The van der Waals surface area contributed by atoms with E-state index in [4.69, 9.17) is 9.26 Å². The van der Waals surface area contributed by atoms with Crippen molar-refractivity contribution in [3.05, 3.63) is 17.0 Å². The summed E-state index contributed by atoms with van der Waals surface area (Å²) in [6.45, 7) is 4.65. The van der Waals surface area contributed by atoms with E-state index < -0.39 is 0 Å². The molecule has 0 bridgehead atoms. The van der Waals surface area contributed by atoms with Crippen molar-refractivity contribution in [3.63, 3.8) is 0 Å². The molecule has 0 saturated carbocycles. The highest BCUT2D eigenvalue weighted by Gasteiger charge is 2.32. The molecule has 19 heavy (non-hydrogen) atoms. The summed E-state index contributed by atoms with van der Waals surface area (Å²) < 4.78 is 9.75. The monoisotopic (exact) mass is 266 g/mol. The third-order valence-electron chi connectivity index (χ3n) is 3.58. The maximum atomic E-state index is 12.2. The first-order valence-corrected chi connectivity index (χ1v) is 6.30. The van der Waals surface area contributed by atoms with Crippen molar-refractivity contribution in [2.75, 3.05) is 20.2 Å². The Morgan fingerprint density at radius 2 is 2.21 bits per heavy atom. The highest BCUT2D eigenvalue weighted by Crippen LogP contribution is 2.20. The lowest BCUT2D eigenvalue weighted by Gasteiger charge is -2.15. The van der Waals surface area contributed by atoms with Gasteiger partial charge in [0.05, 0.1) is 25.1 Å². The Bertz CT molecular complexity index is 475. The van der Waals surface area contributed by atoms with Crippen LogP contribution in [0, 0.1) is 19.8 Å². The lowest BCUT2D eigenvalue weighted by Crippen LogP contribution is -2.31. The number of aryl methyl sites for hydroxylation is 2. The molecule has 1 aromatic heterocycles. The van der Waals surface area contributed by atoms with Gasteiger partial charge in [0.15, 0.2) is 0 Å². The minimum atomic E-state index is -0.243. The number of esters is 1. The summed E-state index contributed by atoms with van der Waals surface area (Å²) in [6.07, 6.45) is 0.940. The predicted molar refractivity (Wildman–Crippen MR) is 66.4 cm³/mol. The number of methoxy groups -OCH3 is 1. The van der Waals surface area contributed by atoms with E-state index in [2.05, 4.69) is 5.16 Å². The average Bonchev–Trinajstić information content (AvgIpc) is 3.00. The van der Waals surface area contributed by atoms with Crippen LogP contribution in [0.3, 0.4) is 0 Å². The van der Waals surface area contributed by atoms with Crippen molar-refractivity contribution >= 4 is 11.9 Å². The smallest absolute Gasteiger partial charge is 0.310 e. The van der Waals surface area contributed by atoms with Crippen LogP contribution in [0.5, 0.6) is 0 Å². The quantitative estimate of drug-likeness (QED) is 0.758. The minimum absolute atomic E-state index is 0.000744. The average molecular weight is 266 g/mol. The van der Waals surface area contributed by atoms with Gasteiger partial charge in [0.1, 0.15) is 5.76 Å². The van der Waals surface area contributed by atoms with Crippen LogP contribution in [-0.2, 0) is 20.7 Å². The number of carbonyl (C=O) groups is 2. The fourth-order valence-electron chi connectivity index (χ4n) is 2.36. The van der Waals surface area contributed by atoms with Crippen LogP contribution >= 0.6 is 0 Å². The summed E-state index contributed by atoms with van der Waals surface area (Å²) in [4.78, 5) is 25.3. The topological polar surface area (TPSA) is 72.6 Å². The molecule has 1 saturated heterocycles. The molecule has 0 aromatic carbocycles. The molecule has 0 radical (unpaired) electrons. The standard InChI is InChI=1S/C13H18N2O4/c1-8-11(9(2)19-14-8)6-12(16)15-5-4-10(7-15)13(17)18-3/h10H,4-7H2,1-3H3. The van der Waals surface area contributed by atoms with E-state index in [9.17, 15) is 9.59 Å². The zero-order valence-electron chi connectivity index (χ0n) is 11.4. The van der Waals surface area contributed by atoms with Gasteiger partial charge in [0.2, 0.25) is 5.91 Å². The fraction of sp³-hybridized carbons (Fsp3) is 0.615. The number of ether oxygens (including phenoxy) is 1. The third kappa shape index (κ3) is 2.77. The van der Waals surface area contributed by atoms with E-state index >= 15 is 0 Å². The first kappa shape index (κ1) is 13.6. The highest BCUT2D eigenvalue weighted by molar-refractivity contribution is 5.81. The van der Waals surface area contributed by atoms with Crippen LogP contribution in [0.25, 0.3) is 0 Å². The van der Waals surface area contributed by atoms with Gasteiger partial charge in [-0.1, -0.05) is 5.16 Å². The lowest BCUT2D eigenvalue weighted by molar-refractivity contribution is -0.145. The number of amides is 1. The Balaban J connectivity index is 1.97. The van der Waals surface area contributed by atoms with Crippen LogP contribution in [0.2, 0.25) is 0 Å². The van der Waals surface area contributed by atoms with Crippen LogP contribution < -0.4 is 0 Å².